The van der Waals surface area contributed by atoms with Crippen LogP contribution in [0.4, 0.5) is 0 Å². The minimum atomic E-state index is -2.67. The molecule has 2 aromatic carbocycles. The monoisotopic (exact) mass is 577 g/mol. The van der Waals surface area contributed by atoms with Crippen LogP contribution in [0.15, 0.2) is 47.2 Å². The Hall–Kier alpha value is -4.19. The Morgan fingerprint density at radius 2 is 1.79 bits per heavy atom. The minimum Gasteiger partial charge on any atom is -0.508 e. The van der Waals surface area contributed by atoms with Crippen molar-refractivity contribution in [3.05, 3.63) is 63.9 Å². The third-order valence-electron chi connectivity index (χ3n) is 8.68. The number of carbonyl (C=O) groups excluding carboxylic acids is 3. The second-order valence-corrected chi connectivity index (χ2v) is 11.7. The van der Waals surface area contributed by atoms with Crippen LogP contribution in [0.2, 0.25) is 0 Å². The number of aliphatic hydroxyl groups is 3. The van der Waals surface area contributed by atoms with E-state index in [0.717, 1.165) is 16.7 Å². The molecule has 1 fully saturated rings. The molecule has 222 valence electrons. The largest absolute Gasteiger partial charge is 0.508 e. The van der Waals surface area contributed by atoms with E-state index in [1.54, 1.807) is 27.3 Å². The van der Waals surface area contributed by atoms with Crippen LogP contribution in [-0.4, -0.2) is 94.6 Å². The maximum absolute atomic E-state index is 14.0. The summed E-state index contributed by atoms with van der Waals surface area (Å²) in [5.74, 6) is -6.07. The summed E-state index contributed by atoms with van der Waals surface area (Å²) in [5.41, 5.74) is 4.81. The van der Waals surface area contributed by atoms with Gasteiger partial charge in [0.15, 0.2) is 11.4 Å². The number of phenols is 1. The summed E-state index contributed by atoms with van der Waals surface area (Å²) in [6, 6.07) is 7.74. The van der Waals surface area contributed by atoms with Crippen LogP contribution in [0.25, 0.3) is 16.9 Å². The number of phenolic OH excluding ortho intramolecular Hbond substituents is 1. The molecule has 0 radical (unpaired) electrons. The number of rotatable bonds is 6. The molecule has 1 amide bonds. The number of methoxy groups -OCH3 is 1. The van der Waals surface area contributed by atoms with E-state index in [4.69, 9.17) is 10.5 Å². The van der Waals surface area contributed by atoms with Gasteiger partial charge in [-0.25, -0.2) is 0 Å². The zero-order valence-corrected chi connectivity index (χ0v) is 24.1. The van der Waals surface area contributed by atoms with Crippen LogP contribution >= 0.6 is 0 Å². The number of Topliss-reactive ketones (excluding diaryl/α,β-unsaturated/α-hetero) is 2. The molecule has 0 saturated heterocycles. The van der Waals surface area contributed by atoms with E-state index in [-0.39, 0.29) is 29.7 Å². The molecule has 0 spiro atoms. The lowest BCUT2D eigenvalue weighted by Gasteiger charge is -2.50. The van der Waals surface area contributed by atoms with Gasteiger partial charge in [-0.2, -0.15) is 0 Å². The first-order valence-electron chi connectivity index (χ1n) is 13.6. The second kappa shape index (κ2) is 10.3. The molecule has 4 unspecified atom stereocenters. The van der Waals surface area contributed by atoms with Gasteiger partial charge < -0.3 is 35.8 Å². The van der Waals surface area contributed by atoms with E-state index < -0.39 is 58.0 Å². The summed E-state index contributed by atoms with van der Waals surface area (Å²) < 4.78 is 5.54. The standard InChI is InChI=1S/C31H35N3O8/c1-33(2)13-16-10-14(6-9-21(16)42-5)17-7-8-20(35)23-18(17)11-15-12-19-25(34(3)4)27(37)24(30(32)40)29(39)31(19,41)28(38)22(15)26(23)36/h6-10,15,19,25,35-36,39,41H,11-13H2,1-5H3,(H2,32,40). The first-order chi connectivity index (χ1) is 19.7. The lowest BCUT2D eigenvalue weighted by Crippen LogP contribution is -2.65. The van der Waals surface area contributed by atoms with E-state index in [0.29, 0.717) is 17.9 Å². The number of primary amides is 1. The summed E-state index contributed by atoms with van der Waals surface area (Å²) in [5, 5.41) is 45.2. The lowest BCUT2D eigenvalue weighted by molar-refractivity contribution is -0.153. The van der Waals surface area contributed by atoms with Gasteiger partial charge in [0.2, 0.25) is 5.78 Å². The van der Waals surface area contributed by atoms with Crippen molar-refractivity contribution >= 4 is 23.2 Å². The van der Waals surface area contributed by atoms with Crippen molar-refractivity contribution < 1.29 is 39.5 Å². The highest BCUT2D eigenvalue weighted by Crippen LogP contribution is 2.53. The molecule has 0 heterocycles. The third kappa shape index (κ3) is 4.19. The number of hydrogen-bond acceptors (Lipinski definition) is 10. The number of amides is 1. The van der Waals surface area contributed by atoms with Gasteiger partial charge in [-0.1, -0.05) is 12.1 Å². The van der Waals surface area contributed by atoms with Crippen LogP contribution in [0.1, 0.15) is 23.1 Å². The first kappa shape index (κ1) is 29.3. The number of carbonyl (C=O) groups is 3. The topological polar surface area (TPSA) is 174 Å². The summed E-state index contributed by atoms with van der Waals surface area (Å²) in [7, 11) is 8.61. The number of benzene rings is 2. The van der Waals surface area contributed by atoms with E-state index >= 15 is 0 Å². The summed E-state index contributed by atoms with van der Waals surface area (Å²) >= 11 is 0. The van der Waals surface area contributed by atoms with Crippen LogP contribution in [0.3, 0.4) is 0 Å². The Bertz CT molecular complexity index is 1590. The molecule has 42 heavy (non-hydrogen) atoms. The molecule has 0 aromatic heterocycles. The number of nitrogens with zero attached hydrogens (tertiary/aromatic N) is 2. The number of ether oxygens (including phenoxy) is 1. The van der Waals surface area contributed by atoms with Crippen LogP contribution in [0.5, 0.6) is 11.5 Å². The number of nitrogens with two attached hydrogens (primary N) is 1. The number of likely N-dealkylation sites (N-methyl/N-ethyl adjacent to an activating group) is 1. The van der Waals surface area contributed by atoms with Gasteiger partial charge >= 0.3 is 0 Å². The maximum Gasteiger partial charge on any atom is 0.255 e. The van der Waals surface area contributed by atoms with Crippen LogP contribution in [-0.2, 0) is 27.3 Å². The molecule has 1 saturated carbocycles. The van der Waals surface area contributed by atoms with Gasteiger partial charge in [0.25, 0.3) is 5.91 Å². The van der Waals surface area contributed by atoms with Crippen molar-refractivity contribution in [2.24, 2.45) is 17.6 Å². The zero-order chi connectivity index (χ0) is 30.8. The SMILES string of the molecule is COc1ccc(-c2ccc(O)c3c2CC2CC4C(N(C)C)C(=O)C(C(N)=O)=C(O)C4(O)C(=O)C2=C3O)cc1CN(C)C. The molecule has 3 aliphatic rings. The molecule has 6 N–H and O–H groups in total. The van der Waals surface area contributed by atoms with Crippen molar-refractivity contribution in [3.8, 4) is 22.6 Å². The predicted octanol–water partition coefficient (Wildman–Crippen LogP) is 1.70. The molecule has 5 rings (SSSR count). The maximum atomic E-state index is 14.0. The number of ketones is 2. The minimum absolute atomic E-state index is 0.0232. The fourth-order valence-corrected chi connectivity index (χ4v) is 6.92. The lowest BCUT2D eigenvalue weighted by atomic mass is 9.57. The fraction of sp³-hybridized carbons (Fsp3) is 0.387. The number of aliphatic hydroxyl groups excluding tert-OH is 2. The average Bonchev–Trinajstić information content (AvgIpc) is 2.90. The average molecular weight is 578 g/mol. The van der Waals surface area contributed by atoms with Gasteiger partial charge in [0.05, 0.1) is 18.7 Å². The van der Waals surface area contributed by atoms with Crippen molar-refractivity contribution in [3.63, 3.8) is 0 Å². The highest BCUT2D eigenvalue weighted by molar-refractivity contribution is 6.24. The fourth-order valence-electron chi connectivity index (χ4n) is 6.92. The number of aromatic hydroxyl groups is 1. The highest BCUT2D eigenvalue weighted by atomic mass is 16.5. The van der Waals surface area contributed by atoms with Crippen molar-refractivity contribution in [1.29, 1.82) is 0 Å². The molecule has 2 aromatic rings. The Morgan fingerprint density at radius 3 is 2.38 bits per heavy atom. The molecule has 0 bridgehead atoms. The van der Waals surface area contributed by atoms with Crippen molar-refractivity contribution in [2.75, 3.05) is 35.3 Å². The van der Waals surface area contributed by atoms with Gasteiger partial charge in [0.1, 0.15) is 28.6 Å². The van der Waals surface area contributed by atoms with E-state index in [1.165, 1.54) is 11.0 Å². The predicted molar refractivity (Wildman–Crippen MR) is 154 cm³/mol. The normalized spacial score (nSPS) is 25.5. The molecule has 4 atom stereocenters. The Morgan fingerprint density at radius 1 is 1.10 bits per heavy atom. The van der Waals surface area contributed by atoms with Crippen molar-refractivity contribution in [1.82, 2.24) is 9.80 Å². The second-order valence-electron chi connectivity index (χ2n) is 11.7. The van der Waals surface area contributed by atoms with E-state index in [1.807, 2.05) is 37.2 Å². The quantitative estimate of drug-likeness (QED) is 0.318. The van der Waals surface area contributed by atoms with E-state index in [9.17, 15) is 34.8 Å². The Balaban J connectivity index is 1.71. The van der Waals surface area contributed by atoms with E-state index in [2.05, 4.69) is 0 Å². The molecule has 11 heteroatoms. The molecular formula is C31H35N3O8. The number of hydrogen-bond donors (Lipinski definition) is 5. The zero-order valence-electron chi connectivity index (χ0n) is 24.1. The first-order valence-corrected chi connectivity index (χ1v) is 13.6. The van der Waals surface area contributed by atoms with Gasteiger partial charge in [-0.3, -0.25) is 19.3 Å². The number of fused-ring (bicyclic) bond motifs is 3. The third-order valence-corrected chi connectivity index (χ3v) is 8.68. The summed E-state index contributed by atoms with van der Waals surface area (Å²) in [6.45, 7) is 0.605. The van der Waals surface area contributed by atoms with Gasteiger partial charge in [0, 0.05) is 23.6 Å². The molecular weight excluding hydrogens is 542 g/mol. The Labute approximate surface area is 243 Å². The van der Waals surface area contributed by atoms with Crippen molar-refractivity contribution in [2.45, 2.75) is 31.0 Å². The van der Waals surface area contributed by atoms with Crippen LogP contribution in [0, 0.1) is 11.8 Å². The molecule has 3 aliphatic carbocycles. The van der Waals surface area contributed by atoms with Crippen LogP contribution < -0.4 is 10.5 Å². The molecule has 11 nitrogen and oxygen atoms in total. The smallest absolute Gasteiger partial charge is 0.255 e. The van der Waals surface area contributed by atoms with Gasteiger partial charge in [-0.05, 0) is 81.8 Å². The molecule has 0 aliphatic heterocycles. The summed E-state index contributed by atoms with van der Waals surface area (Å²) in [4.78, 5) is 43.0. The highest BCUT2D eigenvalue weighted by Gasteiger charge is 2.64. The summed E-state index contributed by atoms with van der Waals surface area (Å²) in [6.07, 6.45) is 0.225. The Kier molecular flexibility index (Phi) is 7.16. The van der Waals surface area contributed by atoms with Gasteiger partial charge in [-0.15, -0.1) is 0 Å².